The van der Waals surface area contributed by atoms with E-state index in [1.54, 1.807) is 15.5 Å². The quantitative estimate of drug-likeness (QED) is 0.720. The number of pyridine rings is 1. The van der Waals surface area contributed by atoms with Crippen LogP contribution in [0.15, 0.2) is 47.4 Å². The summed E-state index contributed by atoms with van der Waals surface area (Å²) in [5, 5.41) is 0.418. The first-order chi connectivity index (χ1) is 14.1. The molecule has 5 nitrogen and oxygen atoms in total. The molecule has 2 aliphatic rings. The molecule has 1 saturated heterocycles. The third-order valence-electron chi connectivity index (χ3n) is 5.37. The summed E-state index contributed by atoms with van der Waals surface area (Å²) in [6, 6.07) is 5.51. The molecule has 1 aromatic heterocycles. The summed E-state index contributed by atoms with van der Waals surface area (Å²) in [4.78, 5) is 27.3. The van der Waals surface area contributed by atoms with Crippen molar-refractivity contribution in [2.45, 2.75) is 19.9 Å². The van der Waals surface area contributed by atoms with Crippen LogP contribution in [0.3, 0.4) is 0 Å². The number of nitrogens with zero attached hydrogens (tertiary/aromatic N) is 2. The SMILES string of the molecule is C/C=C/Cn1cc(-c2ccc(C(=O)N3CCOCC3)c(Cl)c2)c2c(c1=O)CC=C2. The Morgan fingerprint density at radius 1 is 1.28 bits per heavy atom. The number of rotatable bonds is 4. The maximum absolute atomic E-state index is 12.8. The zero-order valence-corrected chi connectivity index (χ0v) is 17.1. The van der Waals surface area contributed by atoms with E-state index in [1.165, 1.54) is 0 Å². The van der Waals surface area contributed by atoms with E-state index in [0.29, 0.717) is 49.9 Å². The first-order valence-corrected chi connectivity index (χ1v) is 10.2. The number of ether oxygens (including phenoxy) is 1. The molecule has 150 valence electrons. The van der Waals surface area contributed by atoms with Crippen LogP contribution in [0.25, 0.3) is 17.2 Å². The molecule has 1 amide bonds. The van der Waals surface area contributed by atoms with Gasteiger partial charge in [-0.2, -0.15) is 0 Å². The topological polar surface area (TPSA) is 51.5 Å². The molecule has 0 unspecified atom stereocenters. The number of allylic oxidation sites excluding steroid dienone is 3. The van der Waals surface area contributed by atoms with Gasteiger partial charge in [0.25, 0.3) is 11.5 Å². The number of aromatic nitrogens is 1. The van der Waals surface area contributed by atoms with Crippen LogP contribution in [0, 0.1) is 0 Å². The molecule has 1 aromatic carbocycles. The molecule has 0 atom stereocenters. The minimum Gasteiger partial charge on any atom is -0.378 e. The summed E-state index contributed by atoms with van der Waals surface area (Å²) in [5.41, 5.74) is 4.12. The zero-order valence-electron chi connectivity index (χ0n) is 16.4. The number of benzene rings is 1. The number of carbonyl (C=O) groups is 1. The molecule has 1 fully saturated rings. The second-order valence-electron chi connectivity index (χ2n) is 7.17. The highest BCUT2D eigenvalue weighted by Crippen LogP contribution is 2.32. The molecule has 1 aliphatic heterocycles. The lowest BCUT2D eigenvalue weighted by molar-refractivity contribution is 0.0303. The molecule has 0 saturated carbocycles. The van der Waals surface area contributed by atoms with Crippen LogP contribution in [0.4, 0.5) is 0 Å². The Morgan fingerprint density at radius 2 is 2.07 bits per heavy atom. The smallest absolute Gasteiger partial charge is 0.255 e. The van der Waals surface area contributed by atoms with Crippen molar-refractivity contribution >= 4 is 23.6 Å². The fourth-order valence-electron chi connectivity index (χ4n) is 3.79. The summed E-state index contributed by atoms with van der Waals surface area (Å²) in [6.45, 7) is 4.71. The molecule has 0 radical (unpaired) electrons. The van der Waals surface area contributed by atoms with E-state index >= 15 is 0 Å². The van der Waals surface area contributed by atoms with Crippen molar-refractivity contribution in [2.24, 2.45) is 0 Å². The Hall–Kier alpha value is -2.63. The molecule has 6 heteroatoms. The standard InChI is InChI=1S/C23H23ClN2O3/c1-2-3-9-26-15-20(17-5-4-6-18(17)22(26)27)16-7-8-19(21(24)14-16)23(28)25-10-12-29-13-11-25/h2-5,7-8,14-15H,6,9-13H2,1H3/b3-2+. The minimum absolute atomic E-state index is 0.0389. The zero-order chi connectivity index (χ0) is 20.4. The summed E-state index contributed by atoms with van der Waals surface area (Å²) in [7, 11) is 0. The molecule has 4 rings (SSSR count). The van der Waals surface area contributed by atoms with Gasteiger partial charge in [-0.15, -0.1) is 0 Å². The van der Waals surface area contributed by atoms with Crippen LogP contribution in [0.2, 0.25) is 5.02 Å². The van der Waals surface area contributed by atoms with Gasteiger partial charge in [-0.1, -0.05) is 42.0 Å². The Morgan fingerprint density at radius 3 is 2.79 bits per heavy atom. The minimum atomic E-state index is -0.0759. The van der Waals surface area contributed by atoms with Gasteiger partial charge in [0, 0.05) is 37.0 Å². The van der Waals surface area contributed by atoms with E-state index < -0.39 is 0 Å². The third kappa shape index (κ3) is 3.80. The molecule has 1 aliphatic carbocycles. The average molecular weight is 411 g/mol. The van der Waals surface area contributed by atoms with E-state index in [1.807, 2.05) is 49.6 Å². The van der Waals surface area contributed by atoms with Gasteiger partial charge >= 0.3 is 0 Å². The van der Waals surface area contributed by atoms with E-state index in [9.17, 15) is 9.59 Å². The molecule has 2 heterocycles. The maximum atomic E-state index is 12.8. The molecule has 0 spiro atoms. The number of hydrogen-bond donors (Lipinski definition) is 0. The Labute approximate surface area is 174 Å². The van der Waals surface area contributed by atoms with Crippen LogP contribution in [0.5, 0.6) is 0 Å². The number of fused-ring (bicyclic) bond motifs is 1. The first-order valence-electron chi connectivity index (χ1n) is 9.81. The lowest BCUT2D eigenvalue weighted by atomic mass is 9.98. The van der Waals surface area contributed by atoms with Crippen LogP contribution >= 0.6 is 11.6 Å². The highest BCUT2D eigenvalue weighted by molar-refractivity contribution is 6.34. The van der Waals surface area contributed by atoms with E-state index in [4.69, 9.17) is 16.3 Å². The van der Waals surface area contributed by atoms with Crippen LogP contribution in [0.1, 0.15) is 28.4 Å². The first kappa shape index (κ1) is 19.7. The van der Waals surface area contributed by atoms with E-state index in [2.05, 4.69) is 0 Å². The predicted molar refractivity (Wildman–Crippen MR) is 115 cm³/mol. The molecule has 0 N–H and O–H groups in total. The van der Waals surface area contributed by atoms with E-state index in [-0.39, 0.29) is 11.5 Å². The van der Waals surface area contributed by atoms with Gasteiger partial charge in [0.05, 0.1) is 23.8 Å². The average Bonchev–Trinajstić information content (AvgIpc) is 3.24. The monoisotopic (exact) mass is 410 g/mol. The van der Waals surface area contributed by atoms with Gasteiger partial charge in [0.2, 0.25) is 0 Å². The van der Waals surface area contributed by atoms with Crippen molar-refractivity contribution in [3.63, 3.8) is 0 Å². The fourth-order valence-corrected chi connectivity index (χ4v) is 4.06. The van der Waals surface area contributed by atoms with Gasteiger partial charge in [-0.3, -0.25) is 9.59 Å². The predicted octanol–water partition coefficient (Wildman–Crippen LogP) is 3.79. The van der Waals surface area contributed by atoms with Crippen LogP contribution in [-0.4, -0.2) is 41.7 Å². The van der Waals surface area contributed by atoms with Crippen molar-refractivity contribution in [1.82, 2.24) is 9.47 Å². The summed E-state index contributed by atoms with van der Waals surface area (Å²) >= 11 is 6.52. The number of carbonyl (C=O) groups excluding carboxylic acids is 1. The molecule has 29 heavy (non-hydrogen) atoms. The largest absolute Gasteiger partial charge is 0.378 e. The maximum Gasteiger partial charge on any atom is 0.255 e. The molecule has 0 bridgehead atoms. The number of morpholine rings is 1. The number of amides is 1. The van der Waals surface area contributed by atoms with Crippen molar-refractivity contribution < 1.29 is 9.53 Å². The highest BCUT2D eigenvalue weighted by Gasteiger charge is 2.22. The number of hydrogen-bond acceptors (Lipinski definition) is 3. The van der Waals surface area contributed by atoms with E-state index in [0.717, 1.165) is 22.3 Å². The molecular formula is C23H23ClN2O3. The third-order valence-corrected chi connectivity index (χ3v) is 5.69. The van der Waals surface area contributed by atoms with Crippen molar-refractivity contribution in [3.05, 3.63) is 74.7 Å². The lowest BCUT2D eigenvalue weighted by Crippen LogP contribution is -2.40. The number of halogens is 1. The fraction of sp³-hybridized carbons (Fsp3) is 0.304. The Bertz CT molecular complexity index is 1060. The van der Waals surface area contributed by atoms with Gasteiger partial charge in [0.1, 0.15) is 0 Å². The second kappa shape index (κ2) is 8.39. The van der Waals surface area contributed by atoms with Gasteiger partial charge in [-0.25, -0.2) is 0 Å². The second-order valence-corrected chi connectivity index (χ2v) is 7.57. The highest BCUT2D eigenvalue weighted by atomic mass is 35.5. The summed E-state index contributed by atoms with van der Waals surface area (Å²) in [5.74, 6) is -0.0759. The van der Waals surface area contributed by atoms with Crippen LogP contribution < -0.4 is 5.56 Å². The van der Waals surface area contributed by atoms with Gasteiger partial charge in [-0.05, 0) is 36.6 Å². The van der Waals surface area contributed by atoms with Gasteiger partial charge in [0.15, 0.2) is 0 Å². The normalized spacial score (nSPS) is 15.9. The van der Waals surface area contributed by atoms with Crippen molar-refractivity contribution in [2.75, 3.05) is 26.3 Å². The summed E-state index contributed by atoms with van der Waals surface area (Å²) < 4.78 is 7.04. The Balaban J connectivity index is 1.73. The van der Waals surface area contributed by atoms with Gasteiger partial charge < -0.3 is 14.2 Å². The lowest BCUT2D eigenvalue weighted by Gasteiger charge is -2.27. The summed E-state index contributed by atoms with van der Waals surface area (Å²) in [6.07, 6.45) is 10.4. The van der Waals surface area contributed by atoms with Crippen molar-refractivity contribution in [1.29, 1.82) is 0 Å². The molecular weight excluding hydrogens is 388 g/mol. The van der Waals surface area contributed by atoms with Crippen LogP contribution in [-0.2, 0) is 17.7 Å². The van der Waals surface area contributed by atoms with Crippen molar-refractivity contribution in [3.8, 4) is 11.1 Å². The Kier molecular flexibility index (Phi) is 5.69. The molecule has 2 aromatic rings.